The summed E-state index contributed by atoms with van der Waals surface area (Å²) in [5.41, 5.74) is -0.676. The Hall–Kier alpha value is -1.96. The molecule has 0 radical (unpaired) electrons. The average Bonchev–Trinajstić information content (AvgIpc) is 2.86. The molecule has 0 aromatic heterocycles. The van der Waals surface area contributed by atoms with Crippen molar-refractivity contribution in [1.82, 2.24) is 0 Å². The minimum Gasteiger partial charge on any atom is -0.458 e. The summed E-state index contributed by atoms with van der Waals surface area (Å²) in [6.07, 6.45) is -1.06. The predicted molar refractivity (Wildman–Crippen MR) is 97.4 cm³/mol. The molecule has 6 atom stereocenters. The molecule has 0 amide bonds. The maximum Gasteiger partial charge on any atom is 0.334 e. The quantitative estimate of drug-likeness (QED) is 0.374. The Bertz CT molecular complexity index is 688. The summed E-state index contributed by atoms with van der Waals surface area (Å²) in [5.74, 6) is -1.94. The lowest BCUT2D eigenvalue weighted by Crippen LogP contribution is -2.48. The Morgan fingerprint density at radius 1 is 1.44 bits per heavy atom. The highest BCUT2D eigenvalue weighted by molar-refractivity contribution is 5.92. The zero-order valence-corrected chi connectivity index (χ0v) is 16.1. The van der Waals surface area contributed by atoms with Crippen LogP contribution in [0.1, 0.15) is 40.5 Å². The van der Waals surface area contributed by atoms with E-state index < -0.39 is 47.9 Å². The molecule has 3 N–H and O–H groups in total. The fourth-order valence-corrected chi connectivity index (χ4v) is 3.34. The van der Waals surface area contributed by atoms with Gasteiger partial charge in [0.25, 0.3) is 0 Å². The van der Waals surface area contributed by atoms with Gasteiger partial charge in [-0.15, -0.1) is 0 Å². The van der Waals surface area contributed by atoms with E-state index in [1.165, 1.54) is 6.92 Å². The van der Waals surface area contributed by atoms with Crippen molar-refractivity contribution in [3.8, 4) is 0 Å². The number of rotatable bonds is 2. The van der Waals surface area contributed by atoms with Gasteiger partial charge in [-0.1, -0.05) is 12.7 Å². The van der Waals surface area contributed by atoms with E-state index in [4.69, 9.17) is 9.47 Å². The number of aliphatic hydroxyl groups excluding tert-OH is 2. The van der Waals surface area contributed by atoms with Gasteiger partial charge < -0.3 is 24.8 Å². The molecule has 1 aliphatic carbocycles. The first-order valence-corrected chi connectivity index (χ1v) is 8.98. The largest absolute Gasteiger partial charge is 0.458 e. The van der Waals surface area contributed by atoms with E-state index >= 15 is 0 Å². The number of allylic oxidation sites excluding steroid dienone is 1. The molecule has 0 bridgehead atoms. The Balaban J connectivity index is 2.50. The molecule has 0 spiro atoms. The highest BCUT2D eigenvalue weighted by Gasteiger charge is 2.48. The fraction of sp³-hybridized carbons (Fsp3) is 0.600. The second-order valence-electron chi connectivity index (χ2n) is 7.58. The molecule has 0 saturated carbocycles. The molecular formula is C20H28O7. The van der Waals surface area contributed by atoms with E-state index in [2.05, 4.69) is 6.58 Å². The van der Waals surface area contributed by atoms with E-state index in [0.717, 1.165) is 0 Å². The summed E-state index contributed by atoms with van der Waals surface area (Å²) in [6, 6.07) is 0. The monoisotopic (exact) mass is 380 g/mol. The van der Waals surface area contributed by atoms with Gasteiger partial charge in [0.1, 0.15) is 12.2 Å². The molecule has 0 aromatic carbocycles. The van der Waals surface area contributed by atoms with Gasteiger partial charge in [0.15, 0.2) is 0 Å². The van der Waals surface area contributed by atoms with Crippen LogP contribution < -0.4 is 0 Å². The molecule has 0 aromatic rings. The standard InChI is InChI=1S/C20H28O7/c1-6-10(2)18(23)27-15-9-20(5,25)16(22)8-13(21)11(3)7-14-17(15)12(4)19(24)26-14/h6-7,13-17,21-22,25H,4,8-9H2,1-3,5H3/b10-6-,11-7-/t13-,14+,15+,16-,17-,20+/m0/s1. The summed E-state index contributed by atoms with van der Waals surface area (Å²) in [5, 5.41) is 31.5. The van der Waals surface area contributed by atoms with Crippen LogP contribution in [0.3, 0.4) is 0 Å². The lowest BCUT2D eigenvalue weighted by atomic mass is 9.79. The summed E-state index contributed by atoms with van der Waals surface area (Å²) >= 11 is 0. The van der Waals surface area contributed by atoms with Crippen LogP contribution in [0.5, 0.6) is 0 Å². The zero-order chi connectivity index (χ0) is 20.5. The molecule has 1 aliphatic heterocycles. The van der Waals surface area contributed by atoms with Crippen molar-refractivity contribution in [2.24, 2.45) is 5.92 Å². The normalized spacial score (nSPS) is 39.9. The summed E-state index contributed by atoms with van der Waals surface area (Å²) in [7, 11) is 0. The molecule has 1 heterocycles. The first-order valence-electron chi connectivity index (χ1n) is 8.98. The maximum absolute atomic E-state index is 12.3. The molecule has 1 saturated heterocycles. The predicted octanol–water partition coefficient (Wildman–Crippen LogP) is 1.18. The third-order valence-corrected chi connectivity index (χ3v) is 5.41. The van der Waals surface area contributed by atoms with Crippen molar-refractivity contribution in [2.45, 2.75) is 70.6 Å². The van der Waals surface area contributed by atoms with E-state index in [1.54, 1.807) is 32.9 Å². The van der Waals surface area contributed by atoms with Crippen LogP contribution in [0.15, 0.2) is 35.5 Å². The Morgan fingerprint density at radius 2 is 2.07 bits per heavy atom. The zero-order valence-electron chi connectivity index (χ0n) is 16.1. The van der Waals surface area contributed by atoms with Crippen molar-refractivity contribution in [1.29, 1.82) is 0 Å². The minimum atomic E-state index is -1.66. The van der Waals surface area contributed by atoms with Gasteiger partial charge in [-0.25, -0.2) is 9.59 Å². The Morgan fingerprint density at radius 3 is 2.67 bits per heavy atom. The Labute approximate surface area is 159 Å². The molecule has 150 valence electrons. The summed E-state index contributed by atoms with van der Waals surface area (Å²) < 4.78 is 10.9. The van der Waals surface area contributed by atoms with Crippen LogP contribution in [0.4, 0.5) is 0 Å². The lowest BCUT2D eigenvalue weighted by Gasteiger charge is -2.37. The second-order valence-corrected chi connectivity index (χ2v) is 7.58. The van der Waals surface area contributed by atoms with Gasteiger partial charge in [-0.3, -0.25) is 0 Å². The van der Waals surface area contributed by atoms with Crippen molar-refractivity contribution in [2.75, 3.05) is 0 Å². The van der Waals surface area contributed by atoms with E-state index in [1.807, 2.05) is 0 Å². The number of esters is 2. The third kappa shape index (κ3) is 4.48. The number of hydrogen-bond donors (Lipinski definition) is 3. The van der Waals surface area contributed by atoms with Crippen LogP contribution in [-0.4, -0.2) is 57.3 Å². The van der Waals surface area contributed by atoms with Crippen molar-refractivity contribution < 1.29 is 34.4 Å². The second kappa shape index (κ2) is 7.96. The number of hydrogen-bond acceptors (Lipinski definition) is 7. The molecule has 7 heteroatoms. The third-order valence-electron chi connectivity index (χ3n) is 5.41. The SMILES string of the molecule is C=C1C(=O)O[C@@H]2/C=C(/C)[C@@H](O)C[C@H](O)[C@](C)(O)C[C@@H](OC(=O)/C(C)=C\C)[C@@H]12. The maximum atomic E-state index is 12.3. The van der Waals surface area contributed by atoms with Gasteiger partial charge in [-0.05, 0) is 39.3 Å². The first-order chi connectivity index (χ1) is 12.5. The average molecular weight is 380 g/mol. The van der Waals surface area contributed by atoms with Crippen molar-refractivity contribution in [3.05, 3.63) is 35.5 Å². The molecule has 2 aliphatic rings. The summed E-state index contributed by atoms with van der Waals surface area (Å²) in [6.45, 7) is 10.1. The molecule has 2 rings (SSSR count). The van der Waals surface area contributed by atoms with Gasteiger partial charge in [-0.2, -0.15) is 0 Å². The van der Waals surface area contributed by atoms with Crippen LogP contribution >= 0.6 is 0 Å². The minimum absolute atomic E-state index is 0.101. The van der Waals surface area contributed by atoms with Crippen molar-refractivity contribution in [3.63, 3.8) is 0 Å². The number of ether oxygens (including phenoxy) is 2. The van der Waals surface area contributed by atoms with Crippen LogP contribution in [-0.2, 0) is 19.1 Å². The number of aliphatic hydroxyl groups is 3. The van der Waals surface area contributed by atoms with Crippen LogP contribution in [0, 0.1) is 5.92 Å². The number of fused-ring (bicyclic) bond motifs is 1. The molecule has 27 heavy (non-hydrogen) atoms. The highest BCUT2D eigenvalue weighted by Crippen LogP contribution is 2.38. The molecule has 7 nitrogen and oxygen atoms in total. The van der Waals surface area contributed by atoms with Crippen LogP contribution in [0.25, 0.3) is 0 Å². The number of carbonyl (C=O) groups excluding carboxylic acids is 2. The Kier molecular flexibility index (Phi) is 6.29. The first kappa shape index (κ1) is 21.3. The molecule has 1 fully saturated rings. The van der Waals surface area contributed by atoms with E-state index in [0.29, 0.717) is 11.1 Å². The number of carbonyl (C=O) groups is 2. The topological polar surface area (TPSA) is 113 Å². The van der Waals surface area contributed by atoms with E-state index in [-0.39, 0.29) is 18.4 Å². The van der Waals surface area contributed by atoms with Gasteiger partial charge in [0.2, 0.25) is 0 Å². The summed E-state index contributed by atoms with van der Waals surface area (Å²) in [4.78, 5) is 24.4. The molecular weight excluding hydrogens is 352 g/mol. The fourth-order valence-electron chi connectivity index (χ4n) is 3.34. The van der Waals surface area contributed by atoms with Gasteiger partial charge in [0.05, 0.1) is 23.7 Å². The smallest absolute Gasteiger partial charge is 0.334 e. The van der Waals surface area contributed by atoms with Gasteiger partial charge in [0, 0.05) is 24.0 Å². The highest BCUT2D eigenvalue weighted by atomic mass is 16.6. The molecule has 0 unspecified atom stereocenters. The van der Waals surface area contributed by atoms with E-state index in [9.17, 15) is 24.9 Å². The van der Waals surface area contributed by atoms with Crippen LogP contribution in [0.2, 0.25) is 0 Å². The van der Waals surface area contributed by atoms with Crippen molar-refractivity contribution >= 4 is 11.9 Å². The van der Waals surface area contributed by atoms with Gasteiger partial charge >= 0.3 is 11.9 Å². The lowest BCUT2D eigenvalue weighted by molar-refractivity contribution is -0.156.